The van der Waals surface area contributed by atoms with E-state index in [9.17, 15) is 13.2 Å². The van der Waals surface area contributed by atoms with E-state index in [-0.39, 0.29) is 5.56 Å². The number of methoxy groups -OCH3 is 1. The quantitative estimate of drug-likeness (QED) is 0.358. The van der Waals surface area contributed by atoms with Gasteiger partial charge in [-0.3, -0.25) is 0 Å². The molecule has 7 heteroatoms. The van der Waals surface area contributed by atoms with Crippen LogP contribution < -0.4 is 10.1 Å². The smallest absolute Gasteiger partial charge is 0.266 e. The van der Waals surface area contributed by atoms with Gasteiger partial charge in [0.05, 0.1) is 24.2 Å². The molecule has 4 aromatic rings. The molecule has 0 aliphatic rings. The third-order valence-corrected chi connectivity index (χ3v) is 5.33. The Morgan fingerprint density at radius 1 is 0.938 bits per heavy atom. The Balaban J connectivity index is 1.79. The van der Waals surface area contributed by atoms with Gasteiger partial charge in [0, 0.05) is 16.5 Å². The number of aromatic nitrogens is 2. The molecule has 0 spiro atoms. The second kappa shape index (κ2) is 8.86. The number of anilines is 1. The second-order valence-electron chi connectivity index (χ2n) is 7.47. The van der Waals surface area contributed by atoms with Crippen LogP contribution in [-0.2, 0) is 0 Å². The molecule has 1 N–H and O–H groups in total. The van der Waals surface area contributed by atoms with Crippen molar-refractivity contribution in [2.45, 2.75) is 26.3 Å². The van der Waals surface area contributed by atoms with Gasteiger partial charge in [-0.25, -0.2) is 23.1 Å². The Morgan fingerprint density at radius 2 is 1.66 bits per heavy atom. The molecule has 1 unspecified atom stereocenters. The van der Waals surface area contributed by atoms with Crippen molar-refractivity contribution in [2.24, 2.45) is 0 Å². The van der Waals surface area contributed by atoms with E-state index in [1.54, 1.807) is 21.0 Å². The number of ether oxygens (including phenoxy) is 1. The first-order chi connectivity index (χ1) is 15.4. The maximum Gasteiger partial charge on any atom is 0.266 e. The van der Waals surface area contributed by atoms with Crippen molar-refractivity contribution in [3.05, 3.63) is 83.4 Å². The number of alkyl halides is 2. The van der Waals surface area contributed by atoms with E-state index in [4.69, 9.17) is 4.74 Å². The van der Waals surface area contributed by atoms with Crippen molar-refractivity contribution in [2.75, 3.05) is 12.4 Å². The summed E-state index contributed by atoms with van der Waals surface area (Å²) in [6, 6.07) is 17.0. The fourth-order valence-corrected chi connectivity index (χ4v) is 3.75. The van der Waals surface area contributed by atoms with Gasteiger partial charge >= 0.3 is 0 Å². The van der Waals surface area contributed by atoms with Gasteiger partial charge < -0.3 is 10.1 Å². The zero-order valence-corrected chi connectivity index (χ0v) is 17.9. The fraction of sp³-hybridized carbons (Fsp3) is 0.200. The van der Waals surface area contributed by atoms with Crippen molar-refractivity contribution in [1.29, 1.82) is 0 Å². The Morgan fingerprint density at radius 3 is 2.34 bits per heavy atom. The van der Waals surface area contributed by atoms with Crippen LogP contribution >= 0.6 is 0 Å². The molecule has 1 aromatic heterocycles. The number of aryl methyl sites for hydroxylation is 1. The Hall–Kier alpha value is -3.61. The number of nitrogens with one attached hydrogen (secondary N) is 1. The lowest BCUT2D eigenvalue weighted by molar-refractivity contribution is 0.146. The minimum Gasteiger partial charge on any atom is -0.496 e. The first kappa shape index (κ1) is 21.6. The fourth-order valence-electron chi connectivity index (χ4n) is 3.75. The number of hydrogen-bond acceptors (Lipinski definition) is 4. The zero-order valence-electron chi connectivity index (χ0n) is 17.9. The SMILES string of the molecule is COc1cc2c(NC(C)c3cccc(C(F)F)c3F)nc(C)nc2cc1-c1ccccc1. The van der Waals surface area contributed by atoms with Gasteiger partial charge in [-0.05, 0) is 31.5 Å². The summed E-state index contributed by atoms with van der Waals surface area (Å²) in [6.45, 7) is 3.46. The number of rotatable bonds is 6. The summed E-state index contributed by atoms with van der Waals surface area (Å²) in [7, 11) is 1.59. The van der Waals surface area contributed by atoms with Crippen LogP contribution in [0.4, 0.5) is 19.0 Å². The van der Waals surface area contributed by atoms with Crippen LogP contribution in [-0.4, -0.2) is 17.1 Å². The summed E-state index contributed by atoms with van der Waals surface area (Å²) in [4.78, 5) is 9.04. The van der Waals surface area contributed by atoms with Crippen LogP contribution in [0.5, 0.6) is 5.75 Å². The molecular formula is C25H22F3N3O. The molecule has 32 heavy (non-hydrogen) atoms. The van der Waals surface area contributed by atoms with E-state index in [2.05, 4.69) is 15.3 Å². The van der Waals surface area contributed by atoms with Crippen LogP contribution in [0.1, 0.15) is 36.3 Å². The molecule has 4 nitrogen and oxygen atoms in total. The number of hydrogen-bond donors (Lipinski definition) is 1. The van der Waals surface area contributed by atoms with Crippen LogP contribution in [0, 0.1) is 12.7 Å². The summed E-state index contributed by atoms with van der Waals surface area (Å²) in [5.41, 5.74) is 2.08. The predicted octanol–water partition coefficient (Wildman–Crippen LogP) is 6.86. The van der Waals surface area contributed by atoms with Gasteiger partial charge in [0.25, 0.3) is 6.43 Å². The molecule has 1 heterocycles. The predicted molar refractivity (Wildman–Crippen MR) is 120 cm³/mol. The van der Waals surface area contributed by atoms with Crippen molar-refractivity contribution >= 4 is 16.7 Å². The second-order valence-corrected chi connectivity index (χ2v) is 7.47. The van der Waals surface area contributed by atoms with E-state index >= 15 is 0 Å². The molecule has 0 fully saturated rings. The van der Waals surface area contributed by atoms with Gasteiger partial charge in [0.15, 0.2) is 0 Å². The third kappa shape index (κ3) is 4.10. The highest BCUT2D eigenvalue weighted by molar-refractivity contribution is 5.95. The van der Waals surface area contributed by atoms with Gasteiger partial charge in [-0.1, -0.05) is 48.5 Å². The van der Waals surface area contributed by atoms with Crippen LogP contribution in [0.15, 0.2) is 60.7 Å². The molecule has 0 radical (unpaired) electrons. The van der Waals surface area contributed by atoms with Crippen molar-refractivity contribution < 1.29 is 17.9 Å². The summed E-state index contributed by atoms with van der Waals surface area (Å²) >= 11 is 0. The Labute approximate surface area is 184 Å². The van der Waals surface area contributed by atoms with Crippen molar-refractivity contribution in [3.8, 4) is 16.9 Å². The molecule has 1 atom stereocenters. The van der Waals surface area contributed by atoms with Crippen LogP contribution in [0.3, 0.4) is 0 Å². The number of fused-ring (bicyclic) bond motifs is 1. The normalized spacial score (nSPS) is 12.2. The molecular weight excluding hydrogens is 415 g/mol. The van der Waals surface area contributed by atoms with E-state index in [1.165, 1.54) is 12.1 Å². The molecule has 3 aromatic carbocycles. The molecule has 0 aliphatic heterocycles. The van der Waals surface area contributed by atoms with Gasteiger partial charge in [-0.2, -0.15) is 0 Å². The molecule has 0 aliphatic carbocycles. The van der Waals surface area contributed by atoms with Crippen molar-refractivity contribution in [1.82, 2.24) is 9.97 Å². The van der Waals surface area contributed by atoms with E-state index in [0.29, 0.717) is 28.3 Å². The first-order valence-electron chi connectivity index (χ1n) is 10.1. The van der Waals surface area contributed by atoms with Crippen molar-refractivity contribution in [3.63, 3.8) is 0 Å². The standard InChI is InChI=1S/C25H22F3N3O/c1-14(17-10-7-11-18(23(17)26)24(27)28)29-25-20-13-22(32-3)19(16-8-5-4-6-9-16)12-21(20)30-15(2)31-25/h4-14,24H,1-3H3,(H,29,30,31). The van der Waals surface area contributed by atoms with Crippen LogP contribution in [0.25, 0.3) is 22.0 Å². The maximum atomic E-state index is 14.7. The third-order valence-electron chi connectivity index (χ3n) is 5.33. The van der Waals surface area contributed by atoms with Gasteiger partial charge in [0.1, 0.15) is 23.2 Å². The molecule has 0 saturated heterocycles. The average Bonchev–Trinajstić information content (AvgIpc) is 2.78. The minimum atomic E-state index is -2.88. The highest BCUT2D eigenvalue weighted by Gasteiger charge is 2.21. The molecule has 0 saturated carbocycles. The topological polar surface area (TPSA) is 47.0 Å². The highest BCUT2D eigenvalue weighted by Crippen LogP contribution is 2.37. The summed E-state index contributed by atoms with van der Waals surface area (Å²) in [6.07, 6.45) is -2.88. The summed E-state index contributed by atoms with van der Waals surface area (Å²) in [5.74, 6) is 0.720. The van der Waals surface area contributed by atoms with E-state index in [0.717, 1.165) is 17.2 Å². The highest BCUT2D eigenvalue weighted by atomic mass is 19.3. The summed E-state index contributed by atoms with van der Waals surface area (Å²) < 4.78 is 46.5. The lowest BCUT2D eigenvalue weighted by Gasteiger charge is -2.19. The van der Waals surface area contributed by atoms with Crippen LogP contribution in [0.2, 0.25) is 0 Å². The number of nitrogens with zero attached hydrogens (tertiary/aromatic N) is 2. The zero-order chi connectivity index (χ0) is 22.8. The lowest BCUT2D eigenvalue weighted by Crippen LogP contribution is -2.12. The Bertz CT molecular complexity index is 1260. The van der Waals surface area contributed by atoms with Gasteiger partial charge in [0.2, 0.25) is 0 Å². The Kier molecular flexibility index (Phi) is 5.99. The molecule has 0 amide bonds. The van der Waals surface area contributed by atoms with Gasteiger partial charge in [-0.15, -0.1) is 0 Å². The average molecular weight is 437 g/mol. The molecule has 164 valence electrons. The number of benzene rings is 3. The summed E-state index contributed by atoms with van der Waals surface area (Å²) in [5, 5.41) is 3.85. The first-order valence-corrected chi connectivity index (χ1v) is 10.1. The molecule has 4 rings (SSSR count). The van der Waals surface area contributed by atoms with E-state index in [1.807, 2.05) is 42.5 Å². The van der Waals surface area contributed by atoms with E-state index < -0.39 is 23.8 Å². The number of halogens is 3. The monoisotopic (exact) mass is 437 g/mol. The lowest BCUT2D eigenvalue weighted by atomic mass is 10.0. The maximum absolute atomic E-state index is 14.7. The minimum absolute atomic E-state index is 0.139. The molecule has 0 bridgehead atoms. The largest absolute Gasteiger partial charge is 0.496 e.